The van der Waals surface area contributed by atoms with Crippen LogP contribution in [0.25, 0.3) is 10.9 Å². The summed E-state index contributed by atoms with van der Waals surface area (Å²) < 4.78 is 2.94. The Kier molecular flexibility index (Phi) is 2.33. The fraction of sp³-hybridized carbons (Fsp3) is 0.300. The Bertz CT molecular complexity index is 488. The number of nitrogens with zero attached hydrogens (tertiary/aromatic N) is 2. The minimum absolute atomic E-state index is 0.542. The molecule has 3 nitrogen and oxygen atoms in total. The number of rotatable bonds is 1. The lowest BCUT2D eigenvalue weighted by Crippen LogP contribution is -1.98. The van der Waals surface area contributed by atoms with Gasteiger partial charge in [-0.3, -0.25) is 4.68 Å². The maximum atomic E-state index is 5.64. The molecule has 0 unspecified atom stereocenters. The molecule has 2 aromatic rings. The molecule has 0 aliphatic heterocycles. The molecule has 14 heavy (non-hydrogen) atoms. The maximum absolute atomic E-state index is 5.64. The largest absolute Gasteiger partial charge is 0.326 e. The summed E-state index contributed by atoms with van der Waals surface area (Å²) in [5.74, 6) is 0. The summed E-state index contributed by atoms with van der Waals surface area (Å²) in [6.45, 7) is 2.55. The Balaban J connectivity index is 2.82. The first-order valence-corrected chi connectivity index (χ1v) is 5.24. The Hall–Kier alpha value is -0.870. The molecule has 1 aromatic carbocycles. The van der Waals surface area contributed by atoms with Crippen molar-refractivity contribution in [2.75, 3.05) is 0 Å². The number of aryl methyl sites for hydroxylation is 2. The van der Waals surface area contributed by atoms with E-state index in [4.69, 9.17) is 5.73 Å². The second-order valence-electron chi connectivity index (χ2n) is 3.37. The van der Waals surface area contributed by atoms with Crippen LogP contribution in [0.15, 0.2) is 16.6 Å². The number of benzene rings is 1. The van der Waals surface area contributed by atoms with Gasteiger partial charge in [0.15, 0.2) is 0 Å². The maximum Gasteiger partial charge on any atom is 0.0685 e. The molecule has 1 heterocycles. The molecule has 2 N–H and O–H groups in total. The molecule has 74 valence electrons. The number of fused-ring (bicyclic) bond motifs is 1. The fourth-order valence-electron chi connectivity index (χ4n) is 1.65. The van der Waals surface area contributed by atoms with Crippen molar-refractivity contribution < 1.29 is 0 Å². The lowest BCUT2D eigenvalue weighted by Gasteiger charge is -2.02. The number of halogens is 1. The Labute approximate surface area is 91.0 Å². The SMILES string of the molecule is Cc1nn(C)c2cc(CN)c(Br)cc12. The van der Waals surface area contributed by atoms with Crippen molar-refractivity contribution in [3.63, 3.8) is 0 Å². The van der Waals surface area contributed by atoms with Gasteiger partial charge >= 0.3 is 0 Å². The van der Waals surface area contributed by atoms with Gasteiger partial charge in [-0.25, -0.2) is 0 Å². The van der Waals surface area contributed by atoms with E-state index >= 15 is 0 Å². The predicted molar refractivity (Wildman–Crippen MR) is 61.0 cm³/mol. The third-order valence-electron chi connectivity index (χ3n) is 2.42. The molecular formula is C10H12BrN3. The van der Waals surface area contributed by atoms with Crippen LogP contribution >= 0.6 is 15.9 Å². The van der Waals surface area contributed by atoms with E-state index in [0.717, 1.165) is 21.2 Å². The zero-order valence-electron chi connectivity index (χ0n) is 8.21. The molecule has 0 saturated heterocycles. The number of hydrogen-bond acceptors (Lipinski definition) is 2. The highest BCUT2D eigenvalue weighted by atomic mass is 79.9. The van der Waals surface area contributed by atoms with Crippen LogP contribution in [-0.4, -0.2) is 9.78 Å². The third kappa shape index (κ3) is 1.35. The van der Waals surface area contributed by atoms with Gasteiger partial charge in [0.2, 0.25) is 0 Å². The monoisotopic (exact) mass is 253 g/mol. The van der Waals surface area contributed by atoms with Crippen LogP contribution in [0.3, 0.4) is 0 Å². The zero-order chi connectivity index (χ0) is 10.3. The van der Waals surface area contributed by atoms with Crippen LogP contribution < -0.4 is 5.73 Å². The average Bonchev–Trinajstić information content (AvgIpc) is 2.41. The topological polar surface area (TPSA) is 43.8 Å². The molecule has 0 amide bonds. The summed E-state index contributed by atoms with van der Waals surface area (Å²) in [6.07, 6.45) is 0. The average molecular weight is 254 g/mol. The van der Waals surface area contributed by atoms with Crippen LogP contribution in [0.4, 0.5) is 0 Å². The lowest BCUT2D eigenvalue weighted by molar-refractivity contribution is 0.782. The molecular weight excluding hydrogens is 242 g/mol. The smallest absolute Gasteiger partial charge is 0.0685 e. The van der Waals surface area contributed by atoms with Crippen molar-refractivity contribution in [3.8, 4) is 0 Å². The summed E-state index contributed by atoms with van der Waals surface area (Å²) in [6, 6.07) is 4.17. The van der Waals surface area contributed by atoms with E-state index in [1.54, 1.807) is 0 Å². The molecule has 0 saturated carbocycles. The molecule has 0 spiro atoms. The highest BCUT2D eigenvalue weighted by Crippen LogP contribution is 2.25. The normalized spacial score (nSPS) is 11.1. The highest BCUT2D eigenvalue weighted by Gasteiger charge is 2.07. The molecule has 4 heteroatoms. The van der Waals surface area contributed by atoms with Gasteiger partial charge in [-0.1, -0.05) is 15.9 Å². The van der Waals surface area contributed by atoms with Crippen molar-refractivity contribution in [2.24, 2.45) is 12.8 Å². The first-order valence-electron chi connectivity index (χ1n) is 4.45. The quantitative estimate of drug-likeness (QED) is 0.846. The van der Waals surface area contributed by atoms with Crippen molar-refractivity contribution in [1.29, 1.82) is 0 Å². The number of nitrogens with two attached hydrogens (primary N) is 1. The molecule has 0 fully saturated rings. The van der Waals surface area contributed by atoms with E-state index in [-0.39, 0.29) is 0 Å². The van der Waals surface area contributed by atoms with Crippen LogP contribution in [0, 0.1) is 6.92 Å². The standard InChI is InChI=1S/C10H12BrN3/c1-6-8-4-9(11)7(5-12)3-10(8)14(2)13-6/h3-4H,5,12H2,1-2H3. The van der Waals surface area contributed by atoms with Crippen LogP contribution in [0.1, 0.15) is 11.3 Å². The molecule has 0 radical (unpaired) electrons. The summed E-state index contributed by atoms with van der Waals surface area (Å²) >= 11 is 3.50. The van der Waals surface area contributed by atoms with Crippen molar-refractivity contribution in [2.45, 2.75) is 13.5 Å². The summed E-state index contributed by atoms with van der Waals surface area (Å²) in [5, 5.41) is 5.54. The lowest BCUT2D eigenvalue weighted by atomic mass is 10.1. The van der Waals surface area contributed by atoms with Crippen LogP contribution in [0.5, 0.6) is 0 Å². The van der Waals surface area contributed by atoms with E-state index in [9.17, 15) is 0 Å². The van der Waals surface area contributed by atoms with Crippen molar-refractivity contribution >= 4 is 26.8 Å². The van der Waals surface area contributed by atoms with Gasteiger partial charge in [0.25, 0.3) is 0 Å². The summed E-state index contributed by atoms with van der Waals surface area (Å²) in [7, 11) is 1.95. The minimum Gasteiger partial charge on any atom is -0.326 e. The van der Waals surface area contributed by atoms with Gasteiger partial charge in [-0.2, -0.15) is 5.10 Å². The second kappa shape index (κ2) is 3.37. The van der Waals surface area contributed by atoms with E-state index < -0.39 is 0 Å². The van der Waals surface area contributed by atoms with Crippen LogP contribution in [-0.2, 0) is 13.6 Å². The number of hydrogen-bond donors (Lipinski definition) is 1. The summed E-state index contributed by atoms with van der Waals surface area (Å²) in [5.41, 5.74) is 8.93. The molecule has 0 aliphatic rings. The van der Waals surface area contributed by atoms with Gasteiger partial charge in [-0.15, -0.1) is 0 Å². The van der Waals surface area contributed by atoms with Gasteiger partial charge in [0.1, 0.15) is 0 Å². The van der Waals surface area contributed by atoms with Gasteiger partial charge < -0.3 is 5.73 Å². The van der Waals surface area contributed by atoms with Crippen molar-refractivity contribution in [3.05, 3.63) is 27.9 Å². The van der Waals surface area contributed by atoms with E-state index in [1.165, 1.54) is 5.39 Å². The molecule has 2 rings (SSSR count). The second-order valence-corrected chi connectivity index (χ2v) is 4.23. The van der Waals surface area contributed by atoms with E-state index in [2.05, 4.69) is 33.2 Å². The van der Waals surface area contributed by atoms with E-state index in [1.807, 2.05) is 18.7 Å². The first kappa shape index (κ1) is 9.68. The van der Waals surface area contributed by atoms with Crippen LogP contribution in [0.2, 0.25) is 0 Å². The Morgan fingerprint density at radius 3 is 2.86 bits per heavy atom. The van der Waals surface area contributed by atoms with E-state index in [0.29, 0.717) is 6.54 Å². The Morgan fingerprint density at radius 2 is 2.21 bits per heavy atom. The number of aromatic nitrogens is 2. The zero-order valence-corrected chi connectivity index (χ0v) is 9.80. The molecule has 0 bridgehead atoms. The highest BCUT2D eigenvalue weighted by molar-refractivity contribution is 9.10. The van der Waals surface area contributed by atoms with Gasteiger partial charge in [-0.05, 0) is 24.6 Å². The predicted octanol–water partition coefficient (Wildman–Crippen LogP) is 2.10. The molecule has 0 aliphatic carbocycles. The first-order chi connectivity index (χ1) is 6.63. The minimum atomic E-state index is 0.542. The fourth-order valence-corrected chi connectivity index (χ4v) is 2.16. The van der Waals surface area contributed by atoms with Crippen molar-refractivity contribution in [1.82, 2.24) is 9.78 Å². The molecule has 1 aromatic heterocycles. The Morgan fingerprint density at radius 1 is 1.50 bits per heavy atom. The van der Waals surface area contributed by atoms with Gasteiger partial charge in [0.05, 0.1) is 11.2 Å². The molecule has 0 atom stereocenters. The summed E-state index contributed by atoms with van der Waals surface area (Å²) in [4.78, 5) is 0. The third-order valence-corrected chi connectivity index (χ3v) is 3.16. The van der Waals surface area contributed by atoms with Gasteiger partial charge in [0, 0.05) is 23.5 Å².